The molecule has 0 spiro atoms. The third-order valence-corrected chi connectivity index (χ3v) is 3.69. The second-order valence-corrected chi connectivity index (χ2v) is 5.40. The fraction of sp³-hybridized carbons (Fsp3) is 0.500. The molecule has 1 aromatic rings. The van der Waals surface area contributed by atoms with Crippen LogP contribution in [0.2, 0.25) is 0 Å². The number of aromatic hydroxyl groups is 1. The van der Waals surface area contributed by atoms with Gasteiger partial charge in [0.05, 0.1) is 19.8 Å². The lowest BCUT2D eigenvalue weighted by molar-refractivity contribution is -0.238. The summed E-state index contributed by atoms with van der Waals surface area (Å²) in [7, 11) is 0. The van der Waals surface area contributed by atoms with Crippen LogP contribution in [0.3, 0.4) is 0 Å². The third-order valence-electron chi connectivity index (χ3n) is 3.69. The van der Waals surface area contributed by atoms with Crippen LogP contribution in [0.1, 0.15) is 5.56 Å². The zero-order chi connectivity index (χ0) is 16.8. The number of ether oxygens (including phenoxy) is 2. The standard InChI is InChI=1S/C16H22O7/c17-8-12-14(19)16(21)15(20)13(23-12)9-22-7-1-2-10-3-5-11(18)6-4-10/h1-6,12-21H,7-9H2/t12-,13+,14-,15+,16+/m0/s1. The number of phenolic OH excluding ortho intramolecular Hbond substituents is 1. The summed E-state index contributed by atoms with van der Waals surface area (Å²) in [4.78, 5) is 0. The molecule has 23 heavy (non-hydrogen) atoms. The van der Waals surface area contributed by atoms with Crippen molar-refractivity contribution in [2.45, 2.75) is 30.5 Å². The summed E-state index contributed by atoms with van der Waals surface area (Å²) in [6.45, 7) is -0.181. The molecule has 1 aromatic carbocycles. The van der Waals surface area contributed by atoms with Gasteiger partial charge in [-0.3, -0.25) is 0 Å². The van der Waals surface area contributed by atoms with Gasteiger partial charge in [-0.1, -0.05) is 24.3 Å². The molecule has 0 radical (unpaired) electrons. The first-order valence-electron chi connectivity index (χ1n) is 7.36. The highest BCUT2D eigenvalue weighted by Gasteiger charge is 2.43. The van der Waals surface area contributed by atoms with Crippen LogP contribution in [0, 0.1) is 0 Å². The highest BCUT2D eigenvalue weighted by atomic mass is 16.6. The Bertz CT molecular complexity index is 500. The van der Waals surface area contributed by atoms with E-state index in [0.29, 0.717) is 0 Å². The smallest absolute Gasteiger partial charge is 0.115 e. The van der Waals surface area contributed by atoms with Crippen molar-refractivity contribution in [3.05, 3.63) is 35.9 Å². The fourth-order valence-electron chi connectivity index (χ4n) is 2.34. The third kappa shape index (κ3) is 4.74. The van der Waals surface area contributed by atoms with E-state index in [0.717, 1.165) is 5.56 Å². The van der Waals surface area contributed by atoms with Crippen LogP contribution in [0.25, 0.3) is 6.08 Å². The van der Waals surface area contributed by atoms with Crippen LogP contribution in [0.15, 0.2) is 30.3 Å². The minimum Gasteiger partial charge on any atom is -0.508 e. The molecule has 0 aliphatic carbocycles. The molecule has 1 aliphatic rings. The van der Waals surface area contributed by atoms with Crippen molar-refractivity contribution in [3.8, 4) is 5.75 Å². The first kappa shape index (κ1) is 17.9. The summed E-state index contributed by atoms with van der Waals surface area (Å²) < 4.78 is 10.7. The van der Waals surface area contributed by atoms with E-state index in [1.165, 1.54) is 0 Å². The van der Waals surface area contributed by atoms with Crippen LogP contribution >= 0.6 is 0 Å². The summed E-state index contributed by atoms with van der Waals surface area (Å²) in [5, 5.41) is 47.4. The number of benzene rings is 1. The van der Waals surface area contributed by atoms with Crippen molar-refractivity contribution in [2.24, 2.45) is 0 Å². The van der Waals surface area contributed by atoms with Gasteiger partial charge in [-0.25, -0.2) is 0 Å². The molecule has 1 aliphatic heterocycles. The maximum atomic E-state index is 9.84. The zero-order valence-corrected chi connectivity index (χ0v) is 12.5. The molecular weight excluding hydrogens is 304 g/mol. The van der Waals surface area contributed by atoms with Gasteiger partial charge in [0.25, 0.3) is 0 Å². The maximum absolute atomic E-state index is 9.84. The molecule has 0 amide bonds. The number of hydrogen-bond donors (Lipinski definition) is 5. The summed E-state index contributed by atoms with van der Waals surface area (Å²) >= 11 is 0. The SMILES string of the molecule is OC[C@@H]1O[C@H](COCC=Cc2ccc(O)cc2)[C@@H](O)[C@H](O)[C@H]1O. The molecule has 5 atom stereocenters. The van der Waals surface area contributed by atoms with Crippen LogP contribution in [0.4, 0.5) is 0 Å². The molecule has 0 unspecified atom stereocenters. The Morgan fingerprint density at radius 2 is 1.65 bits per heavy atom. The molecule has 1 fully saturated rings. The second kappa shape index (κ2) is 8.39. The Kier molecular flexibility index (Phi) is 6.52. The molecule has 128 valence electrons. The predicted octanol–water partition coefficient (Wildman–Crippen LogP) is -0.736. The molecule has 7 heteroatoms. The topological polar surface area (TPSA) is 120 Å². The molecular formula is C16H22O7. The number of aliphatic hydroxyl groups excluding tert-OH is 4. The number of rotatable bonds is 6. The molecule has 1 saturated heterocycles. The van der Waals surface area contributed by atoms with Crippen molar-refractivity contribution in [2.75, 3.05) is 19.8 Å². The van der Waals surface area contributed by atoms with E-state index in [-0.39, 0.29) is 19.0 Å². The minimum atomic E-state index is -1.39. The van der Waals surface area contributed by atoms with Crippen molar-refractivity contribution in [3.63, 3.8) is 0 Å². The Morgan fingerprint density at radius 1 is 1.00 bits per heavy atom. The van der Waals surface area contributed by atoms with Gasteiger partial charge in [0.2, 0.25) is 0 Å². The highest BCUT2D eigenvalue weighted by Crippen LogP contribution is 2.21. The second-order valence-electron chi connectivity index (χ2n) is 5.40. The van der Waals surface area contributed by atoms with Gasteiger partial charge < -0.3 is 35.0 Å². The summed E-state index contributed by atoms with van der Waals surface area (Å²) in [5.74, 6) is 0.195. The lowest BCUT2D eigenvalue weighted by atomic mass is 9.95. The molecule has 0 saturated carbocycles. The van der Waals surface area contributed by atoms with Gasteiger partial charge in [0, 0.05) is 0 Å². The van der Waals surface area contributed by atoms with E-state index < -0.39 is 37.1 Å². The van der Waals surface area contributed by atoms with Crippen molar-refractivity contribution in [1.82, 2.24) is 0 Å². The lowest BCUT2D eigenvalue weighted by Crippen LogP contribution is -2.59. The van der Waals surface area contributed by atoms with Crippen LogP contribution in [-0.2, 0) is 9.47 Å². The minimum absolute atomic E-state index is 0.0152. The molecule has 0 bridgehead atoms. The quantitative estimate of drug-likeness (QED) is 0.437. The van der Waals surface area contributed by atoms with E-state index in [2.05, 4.69) is 0 Å². The van der Waals surface area contributed by atoms with E-state index in [1.807, 2.05) is 6.08 Å². The van der Waals surface area contributed by atoms with Crippen molar-refractivity contribution in [1.29, 1.82) is 0 Å². The van der Waals surface area contributed by atoms with Gasteiger partial charge in [-0.15, -0.1) is 0 Å². The monoisotopic (exact) mass is 326 g/mol. The number of hydrogen-bond acceptors (Lipinski definition) is 7. The molecule has 0 aromatic heterocycles. The Labute approximate surface area is 134 Å². The van der Waals surface area contributed by atoms with Crippen molar-refractivity contribution >= 4 is 6.08 Å². The normalized spacial score (nSPS) is 31.6. The van der Waals surface area contributed by atoms with E-state index in [4.69, 9.17) is 14.6 Å². The van der Waals surface area contributed by atoms with E-state index in [9.17, 15) is 20.4 Å². The van der Waals surface area contributed by atoms with E-state index in [1.54, 1.807) is 30.3 Å². The first-order chi connectivity index (χ1) is 11.0. The molecule has 5 N–H and O–H groups in total. The average molecular weight is 326 g/mol. The van der Waals surface area contributed by atoms with Crippen LogP contribution in [-0.4, -0.2) is 75.9 Å². The molecule has 2 rings (SSSR count). The summed E-state index contributed by atoms with van der Waals surface area (Å²) in [6, 6.07) is 6.66. The Morgan fingerprint density at radius 3 is 2.30 bits per heavy atom. The highest BCUT2D eigenvalue weighted by molar-refractivity contribution is 5.50. The molecule has 7 nitrogen and oxygen atoms in total. The first-order valence-corrected chi connectivity index (χ1v) is 7.36. The lowest BCUT2D eigenvalue weighted by Gasteiger charge is -2.39. The summed E-state index contributed by atoms with van der Waals surface area (Å²) in [6.07, 6.45) is -2.21. The zero-order valence-electron chi connectivity index (χ0n) is 12.5. The molecule has 1 heterocycles. The largest absolute Gasteiger partial charge is 0.508 e. The fourth-order valence-corrected chi connectivity index (χ4v) is 2.34. The summed E-state index contributed by atoms with van der Waals surface area (Å²) in [5.41, 5.74) is 0.902. The van der Waals surface area contributed by atoms with Crippen molar-refractivity contribution < 1.29 is 35.0 Å². The van der Waals surface area contributed by atoms with Crippen LogP contribution < -0.4 is 0 Å². The van der Waals surface area contributed by atoms with Gasteiger partial charge in [-0.05, 0) is 17.7 Å². The van der Waals surface area contributed by atoms with Gasteiger partial charge in [-0.2, -0.15) is 0 Å². The Hall–Kier alpha value is -1.48. The number of aliphatic hydroxyl groups is 4. The Balaban J connectivity index is 1.77. The van der Waals surface area contributed by atoms with Gasteiger partial charge in [0.1, 0.15) is 36.3 Å². The van der Waals surface area contributed by atoms with Gasteiger partial charge >= 0.3 is 0 Å². The van der Waals surface area contributed by atoms with Gasteiger partial charge in [0.15, 0.2) is 0 Å². The number of phenols is 1. The average Bonchev–Trinajstić information content (AvgIpc) is 2.56. The van der Waals surface area contributed by atoms with Crippen LogP contribution in [0.5, 0.6) is 5.75 Å². The van der Waals surface area contributed by atoms with E-state index >= 15 is 0 Å². The predicted molar refractivity (Wildman–Crippen MR) is 81.7 cm³/mol. The maximum Gasteiger partial charge on any atom is 0.115 e.